The highest BCUT2D eigenvalue weighted by Crippen LogP contribution is 2.30. The Kier molecular flexibility index (Phi) is 6.85. The van der Waals surface area contributed by atoms with Crippen LogP contribution >= 0.6 is 23.2 Å². The Balaban J connectivity index is 2.01. The number of aromatic nitrogens is 1. The first kappa shape index (κ1) is 18.5. The summed E-state index contributed by atoms with van der Waals surface area (Å²) in [5, 5.41) is 6.75. The molecule has 0 aliphatic rings. The second kappa shape index (κ2) is 8.87. The van der Waals surface area contributed by atoms with E-state index < -0.39 is 0 Å². The summed E-state index contributed by atoms with van der Waals surface area (Å²) in [6, 6.07) is 8.58. The average molecular weight is 367 g/mol. The lowest BCUT2D eigenvalue weighted by atomic mass is 10.2. The molecule has 0 saturated heterocycles. The highest BCUT2D eigenvalue weighted by Gasteiger charge is 2.13. The molecule has 1 aromatic heterocycles. The number of halogens is 2. The molecule has 0 fully saturated rings. The van der Waals surface area contributed by atoms with Crippen LogP contribution in [-0.2, 0) is 0 Å². The van der Waals surface area contributed by atoms with Gasteiger partial charge in [-0.2, -0.15) is 0 Å². The largest absolute Gasteiger partial charge is 0.385 e. The molecule has 24 heavy (non-hydrogen) atoms. The molecular formula is C17H20Cl2N4O. The van der Waals surface area contributed by atoms with Crippen molar-refractivity contribution >= 4 is 40.5 Å². The number of carbonyl (C=O) groups excluding carboxylic acids is 1. The second-order valence-electron chi connectivity index (χ2n) is 5.56. The molecule has 0 spiro atoms. The van der Waals surface area contributed by atoms with Crippen molar-refractivity contribution in [3.8, 4) is 0 Å². The first-order chi connectivity index (χ1) is 11.5. The zero-order chi connectivity index (χ0) is 17.5. The zero-order valence-electron chi connectivity index (χ0n) is 13.6. The van der Waals surface area contributed by atoms with E-state index in [1.54, 1.807) is 30.5 Å². The van der Waals surface area contributed by atoms with Gasteiger partial charge in [0, 0.05) is 18.4 Å². The van der Waals surface area contributed by atoms with Gasteiger partial charge in [0.25, 0.3) is 5.91 Å². The van der Waals surface area contributed by atoms with Crippen molar-refractivity contribution in [2.45, 2.75) is 6.42 Å². The molecule has 2 rings (SSSR count). The Morgan fingerprint density at radius 3 is 2.58 bits per heavy atom. The monoisotopic (exact) mass is 366 g/mol. The Bertz CT molecular complexity index is 686. The van der Waals surface area contributed by atoms with E-state index in [0.29, 0.717) is 21.4 Å². The van der Waals surface area contributed by atoms with Crippen LogP contribution in [-0.4, -0.2) is 43.0 Å². The van der Waals surface area contributed by atoms with Crippen LogP contribution in [0.15, 0.2) is 36.5 Å². The molecule has 0 aliphatic carbocycles. The van der Waals surface area contributed by atoms with E-state index in [1.165, 1.54) is 0 Å². The summed E-state index contributed by atoms with van der Waals surface area (Å²) in [6.45, 7) is 1.82. The van der Waals surface area contributed by atoms with E-state index in [-0.39, 0.29) is 5.91 Å². The lowest BCUT2D eigenvalue weighted by Crippen LogP contribution is -2.17. The van der Waals surface area contributed by atoms with E-state index in [0.717, 1.165) is 25.2 Å². The minimum Gasteiger partial charge on any atom is -0.385 e. The third-order valence-corrected chi connectivity index (χ3v) is 3.94. The van der Waals surface area contributed by atoms with Gasteiger partial charge >= 0.3 is 0 Å². The topological polar surface area (TPSA) is 57.3 Å². The summed E-state index contributed by atoms with van der Waals surface area (Å²) < 4.78 is 0. The van der Waals surface area contributed by atoms with Crippen molar-refractivity contribution in [3.05, 3.63) is 52.3 Å². The molecule has 128 valence electrons. The normalized spacial score (nSPS) is 10.7. The summed E-state index contributed by atoms with van der Waals surface area (Å²) in [5.74, 6) is -0.359. The van der Waals surface area contributed by atoms with E-state index in [9.17, 15) is 4.79 Å². The number of hydrogen-bond acceptors (Lipinski definition) is 4. The highest BCUT2D eigenvalue weighted by molar-refractivity contribution is 6.40. The van der Waals surface area contributed by atoms with Crippen molar-refractivity contribution in [3.63, 3.8) is 0 Å². The van der Waals surface area contributed by atoms with E-state index in [2.05, 4.69) is 20.5 Å². The fourth-order valence-electron chi connectivity index (χ4n) is 2.09. The molecule has 1 amide bonds. The number of para-hydroxylation sites is 1. The SMILES string of the molecule is CN(C)CCCNc1ccnc(C(=O)Nc2c(Cl)cccc2Cl)c1. The smallest absolute Gasteiger partial charge is 0.274 e. The lowest BCUT2D eigenvalue weighted by molar-refractivity contribution is 0.102. The molecule has 2 N–H and O–H groups in total. The van der Waals surface area contributed by atoms with E-state index in [4.69, 9.17) is 23.2 Å². The standard InChI is InChI=1S/C17H20Cl2N4O/c1-23(2)10-4-8-20-12-7-9-21-15(11-12)17(24)22-16-13(18)5-3-6-14(16)19/h3,5-7,9,11H,4,8,10H2,1-2H3,(H,20,21)(H,22,24). The maximum absolute atomic E-state index is 12.4. The Morgan fingerprint density at radius 1 is 1.21 bits per heavy atom. The average Bonchev–Trinajstić information content (AvgIpc) is 2.55. The fraction of sp³-hybridized carbons (Fsp3) is 0.294. The van der Waals surface area contributed by atoms with Crippen molar-refractivity contribution < 1.29 is 4.79 Å². The molecular weight excluding hydrogens is 347 g/mol. The number of hydrogen-bond donors (Lipinski definition) is 2. The van der Waals surface area contributed by atoms with Crippen LogP contribution in [0.25, 0.3) is 0 Å². The fourth-order valence-corrected chi connectivity index (χ4v) is 2.58. The molecule has 0 radical (unpaired) electrons. The van der Waals surface area contributed by atoms with Gasteiger partial charge in [0.05, 0.1) is 15.7 Å². The Morgan fingerprint density at radius 2 is 1.92 bits per heavy atom. The zero-order valence-corrected chi connectivity index (χ0v) is 15.2. The number of benzene rings is 1. The van der Waals surface area contributed by atoms with Gasteiger partial charge in [-0.25, -0.2) is 0 Å². The molecule has 0 saturated carbocycles. The number of carbonyl (C=O) groups is 1. The van der Waals surface area contributed by atoms with Crippen molar-refractivity contribution in [1.82, 2.24) is 9.88 Å². The molecule has 1 heterocycles. The third-order valence-electron chi connectivity index (χ3n) is 3.31. The Labute approximate surface area is 152 Å². The number of amides is 1. The maximum Gasteiger partial charge on any atom is 0.274 e. The lowest BCUT2D eigenvalue weighted by Gasteiger charge is -2.12. The summed E-state index contributed by atoms with van der Waals surface area (Å²) in [6.07, 6.45) is 2.60. The molecule has 0 aliphatic heterocycles. The molecule has 7 heteroatoms. The van der Waals surface area contributed by atoms with Gasteiger partial charge in [0.2, 0.25) is 0 Å². The number of nitrogens with one attached hydrogen (secondary N) is 2. The number of anilines is 2. The summed E-state index contributed by atoms with van der Waals surface area (Å²) in [7, 11) is 4.07. The van der Waals surface area contributed by atoms with Crippen LogP contribution in [0.5, 0.6) is 0 Å². The minimum atomic E-state index is -0.359. The van der Waals surface area contributed by atoms with Crippen molar-refractivity contribution in [1.29, 1.82) is 0 Å². The van der Waals surface area contributed by atoms with Crippen LogP contribution < -0.4 is 10.6 Å². The second-order valence-corrected chi connectivity index (χ2v) is 6.38. The maximum atomic E-state index is 12.4. The third kappa shape index (κ3) is 5.37. The summed E-state index contributed by atoms with van der Waals surface area (Å²) in [5.41, 5.74) is 1.53. The van der Waals surface area contributed by atoms with Crippen LogP contribution in [0.3, 0.4) is 0 Å². The van der Waals surface area contributed by atoms with Gasteiger partial charge in [0.1, 0.15) is 5.69 Å². The van der Waals surface area contributed by atoms with Gasteiger partial charge in [-0.15, -0.1) is 0 Å². The molecule has 5 nitrogen and oxygen atoms in total. The van der Waals surface area contributed by atoms with E-state index in [1.807, 2.05) is 20.2 Å². The number of nitrogens with zero attached hydrogens (tertiary/aromatic N) is 2. The van der Waals surface area contributed by atoms with Crippen LogP contribution in [0, 0.1) is 0 Å². The van der Waals surface area contributed by atoms with Crippen molar-refractivity contribution in [2.75, 3.05) is 37.8 Å². The predicted molar refractivity (Wildman–Crippen MR) is 100 cm³/mol. The Hall–Kier alpha value is -1.82. The van der Waals surface area contributed by atoms with Crippen LogP contribution in [0.4, 0.5) is 11.4 Å². The van der Waals surface area contributed by atoms with Gasteiger partial charge in [0.15, 0.2) is 0 Å². The van der Waals surface area contributed by atoms with Gasteiger partial charge in [-0.3, -0.25) is 9.78 Å². The molecule has 0 unspecified atom stereocenters. The van der Waals surface area contributed by atoms with Gasteiger partial charge in [-0.05, 0) is 51.3 Å². The quantitative estimate of drug-likeness (QED) is 0.727. The molecule has 1 aromatic carbocycles. The highest BCUT2D eigenvalue weighted by atomic mass is 35.5. The van der Waals surface area contributed by atoms with Gasteiger partial charge in [-0.1, -0.05) is 29.3 Å². The van der Waals surface area contributed by atoms with Gasteiger partial charge < -0.3 is 15.5 Å². The van der Waals surface area contributed by atoms with E-state index >= 15 is 0 Å². The molecule has 0 atom stereocenters. The molecule has 2 aromatic rings. The molecule has 0 bridgehead atoms. The summed E-state index contributed by atoms with van der Waals surface area (Å²) in [4.78, 5) is 18.6. The van der Waals surface area contributed by atoms with Crippen molar-refractivity contribution in [2.24, 2.45) is 0 Å². The number of rotatable bonds is 7. The first-order valence-corrected chi connectivity index (χ1v) is 8.33. The first-order valence-electron chi connectivity index (χ1n) is 7.57. The minimum absolute atomic E-state index is 0.295. The summed E-state index contributed by atoms with van der Waals surface area (Å²) >= 11 is 12.1. The number of pyridine rings is 1. The predicted octanol–water partition coefficient (Wildman–Crippen LogP) is 4.00. The van der Waals surface area contributed by atoms with Crippen LogP contribution in [0.1, 0.15) is 16.9 Å². The van der Waals surface area contributed by atoms with Crippen LogP contribution in [0.2, 0.25) is 10.0 Å².